The monoisotopic (exact) mass is 584 g/mol. The zero-order valence-electron chi connectivity index (χ0n) is 26.9. The zero-order chi connectivity index (χ0) is 31.3. The third-order valence-corrected chi connectivity index (χ3v) is 8.55. The van der Waals surface area contributed by atoms with Gasteiger partial charge in [-0.05, 0) is 57.1 Å². The van der Waals surface area contributed by atoms with Crippen LogP contribution in [0.5, 0.6) is 0 Å². The molecule has 1 saturated heterocycles. The third kappa shape index (κ3) is 8.44. The van der Waals surface area contributed by atoms with Crippen molar-refractivity contribution in [2.24, 2.45) is 16.7 Å². The molecule has 1 fully saturated rings. The van der Waals surface area contributed by atoms with Crippen molar-refractivity contribution in [3.05, 3.63) is 47.0 Å². The molecule has 0 bridgehead atoms. The van der Waals surface area contributed by atoms with Gasteiger partial charge >= 0.3 is 5.97 Å². The summed E-state index contributed by atoms with van der Waals surface area (Å²) in [7, 11) is 0. The van der Waals surface area contributed by atoms with Gasteiger partial charge in [0.2, 0.25) is 0 Å². The second-order valence-electron chi connectivity index (χ2n) is 14.2. The van der Waals surface area contributed by atoms with E-state index in [0.29, 0.717) is 37.1 Å². The number of carboxylic acids is 1. The fraction of sp³-hybridized carbons (Fsp3) is 0.676. The van der Waals surface area contributed by atoms with Crippen LogP contribution in [0.2, 0.25) is 0 Å². The Balaban J connectivity index is 1.77. The number of aromatic nitrogens is 2. The molecule has 42 heavy (non-hydrogen) atoms. The molecule has 2 aromatic heterocycles. The van der Waals surface area contributed by atoms with E-state index in [1.54, 1.807) is 26.1 Å². The van der Waals surface area contributed by atoms with E-state index >= 15 is 0 Å². The SMILES string of the molecule is CCCCCC(C(=O)c1cc[nH]c1CCCC(CC(=O)O)c1[nH]ccc1C(=O)C1OC(C)(C)OCC1(C)C)C(C)(C)C. The number of Topliss-reactive ketones (excluding diaryl/α,β-unsaturated/α-hetero) is 2. The lowest BCUT2D eigenvalue weighted by Gasteiger charge is -2.45. The van der Waals surface area contributed by atoms with E-state index in [0.717, 1.165) is 36.9 Å². The van der Waals surface area contributed by atoms with Crippen molar-refractivity contribution < 1.29 is 29.0 Å². The van der Waals surface area contributed by atoms with Crippen molar-refractivity contribution in [1.82, 2.24) is 9.97 Å². The maximum absolute atomic E-state index is 13.8. The molecule has 3 unspecified atom stereocenters. The highest BCUT2D eigenvalue weighted by Gasteiger charge is 2.46. The summed E-state index contributed by atoms with van der Waals surface area (Å²) in [6.45, 7) is 16.4. The number of hydrogen-bond donors (Lipinski definition) is 3. The highest BCUT2D eigenvalue weighted by atomic mass is 16.7. The van der Waals surface area contributed by atoms with Crippen molar-refractivity contribution >= 4 is 17.5 Å². The molecule has 234 valence electrons. The van der Waals surface area contributed by atoms with E-state index in [4.69, 9.17) is 9.47 Å². The maximum atomic E-state index is 13.8. The fourth-order valence-electron chi connectivity index (χ4n) is 6.07. The Labute approximate surface area is 251 Å². The van der Waals surface area contributed by atoms with Gasteiger partial charge in [-0.15, -0.1) is 0 Å². The summed E-state index contributed by atoms with van der Waals surface area (Å²) in [5.41, 5.74) is 2.03. The molecule has 1 aliphatic rings. The van der Waals surface area contributed by atoms with Crippen LogP contribution in [0.25, 0.3) is 0 Å². The van der Waals surface area contributed by atoms with Crippen LogP contribution in [0, 0.1) is 16.7 Å². The molecule has 0 aromatic carbocycles. The van der Waals surface area contributed by atoms with Crippen LogP contribution in [-0.4, -0.2) is 51.1 Å². The summed E-state index contributed by atoms with van der Waals surface area (Å²) in [5, 5.41) is 9.75. The number of carbonyl (C=O) groups excluding carboxylic acids is 2. The van der Waals surface area contributed by atoms with Gasteiger partial charge in [-0.3, -0.25) is 14.4 Å². The van der Waals surface area contributed by atoms with Gasteiger partial charge in [-0.1, -0.05) is 60.8 Å². The highest BCUT2D eigenvalue weighted by Crippen LogP contribution is 2.39. The molecule has 8 nitrogen and oxygen atoms in total. The molecule has 8 heteroatoms. The largest absolute Gasteiger partial charge is 0.481 e. The summed E-state index contributed by atoms with van der Waals surface area (Å²) < 4.78 is 11.9. The molecule has 3 atom stereocenters. The van der Waals surface area contributed by atoms with Gasteiger partial charge in [0.15, 0.2) is 17.4 Å². The van der Waals surface area contributed by atoms with Crippen LogP contribution in [0.3, 0.4) is 0 Å². The predicted octanol–water partition coefficient (Wildman–Crippen LogP) is 7.71. The second-order valence-corrected chi connectivity index (χ2v) is 14.2. The Morgan fingerprint density at radius 2 is 1.67 bits per heavy atom. The van der Waals surface area contributed by atoms with Crippen molar-refractivity contribution in [2.75, 3.05) is 6.61 Å². The standard InChI is InChI=1S/C34H52N2O6/c1-9-10-11-14-25(32(2,3)4)29(39)23-16-18-35-26(23)15-12-13-22(20-27(37)38)28-24(17-19-36-28)30(40)31-33(5,6)21-41-34(7,8)42-31/h16-19,22,25,31,35-36H,9-15,20-21H2,1-8H3,(H,37,38). The van der Waals surface area contributed by atoms with Gasteiger partial charge < -0.3 is 24.5 Å². The van der Waals surface area contributed by atoms with Crippen LogP contribution in [0.15, 0.2) is 24.5 Å². The first kappa shape index (κ1) is 33.8. The van der Waals surface area contributed by atoms with Gasteiger partial charge in [-0.2, -0.15) is 0 Å². The second kappa shape index (κ2) is 13.7. The first-order valence-electron chi connectivity index (χ1n) is 15.5. The summed E-state index contributed by atoms with van der Waals surface area (Å²) in [6, 6.07) is 3.60. The Kier molecular flexibility index (Phi) is 11.0. The molecule has 0 radical (unpaired) electrons. The van der Waals surface area contributed by atoms with Gasteiger partial charge in [0.05, 0.1) is 13.0 Å². The Morgan fingerprint density at radius 3 is 2.31 bits per heavy atom. The van der Waals surface area contributed by atoms with Gasteiger partial charge in [0, 0.05) is 52.2 Å². The number of rotatable bonds is 15. The van der Waals surface area contributed by atoms with E-state index in [1.165, 1.54) is 0 Å². The number of ether oxygens (including phenoxy) is 2. The zero-order valence-corrected chi connectivity index (χ0v) is 26.9. The molecular formula is C34H52N2O6. The number of aromatic amines is 2. The summed E-state index contributed by atoms with van der Waals surface area (Å²) in [4.78, 5) is 45.9. The molecule has 3 heterocycles. The van der Waals surface area contributed by atoms with Crippen molar-refractivity contribution in [1.29, 1.82) is 0 Å². The highest BCUT2D eigenvalue weighted by molar-refractivity contribution is 6.01. The molecule has 0 spiro atoms. The van der Waals surface area contributed by atoms with Gasteiger partial charge in [0.25, 0.3) is 0 Å². The van der Waals surface area contributed by atoms with E-state index in [-0.39, 0.29) is 29.3 Å². The fourth-order valence-corrected chi connectivity index (χ4v) is 6.07. The maximum Gasteiger partial charge on any atom is 0.304 e. The Morgan fingerprint density at radius 1 is 1.00 bits per heavy atom. The van der Waals surface area contributed by atoms with E-state index in [1.807, 2.05) is 26.1 Å². The van der Waals surface area contributed by atoms with Gasteiger partial charge in [0.1, 0.15) is 6.10 Å². The Hall–Kier alpha value is -2.71. The normalized spacial score (nSPS) is 19.8. The Bertz CT molecular complexity index is 1210. The molecule has 0 amide bonds. The van der Waals surface area contributed by atoms with E-state index in [9.17, 15) is 19.5 Å². The average molecular weight is 585 g/mol. The molecule has 1 aliphatic heterocycles. The lowest BCUT2D eigenvalue weighted by atomic mass is 9.73. The first-order valence-corrected chi connectivity index (χ1v) is 15.5. The summed E-state index contributed by atoms with van der Waals surface area (Å²) >= 11 is 0. The minimum atomic E-state index is -0.924. The molecular weight excluding hydrogens is 532 g/mol. The number of carbonyl (C=O) groups is 3. The lowest BCUT2D eigenvalue weighted by molar-refractivity contribution is -0.298. The minimum absolute atomic E-state index is 0.0625. The smallest absolute Gasteiger partial charge is 0.304 e. The minimum Gasteiger partial charge on any atom is -0.481 e. The first-order chi connectivity index (χ1) is 19.6. The number of carboxylic acid groups (broad SMARTS) is 1. The number of aliphatic carboxylic acids is 1. The van der Waals surface area contributed by atoms with Crippen LogP contribution in [0.1, 0.15) is 138 Å². The molecule has 3 N–H and O–H groups in total. The number of unbranched alkanes of at least 4 members (excludes halogenated alkanes) is 2. The molecule has 2 aromatic rings. The van der Waals surface area contributed by atoms with Crippen LogP contribution < -0.4 is 0 Å². The predicted molar refractivity (Wildman–Crippen MR) is 164 cm³/mol. The third-order valence-electron chi connectivity index (χ3n) is 8.55. The summed E-state index contributed by atoms with van der Waals surface area (Å²) in [5.74, 6) is -2.26. The van der Waals surface area contributed by atoms with E-state index in [2.05, 4.69) is 37.7 Å². The number of hydrogen-bond acceptors (Lipinski definition) is 5. The lowest BCUT2D eigenvalue weighted by Crippen LogP contribution is -2.53. The number of aryl methyl sites for hydroxylation is 1. The quantitative estimate of drug-likeness (QED) is 0.146. The summed E-state index contributed by atoms with van der Waals surface area (Å²) in [6.07, 6.45) is 8.64. The molecule has 0 aliphatic carbocycles. The van der Waals surface area contributed by atoms with Crippen molar-refractivity contribution in [3.63, 3.8) is 0 Å². The molecule has 3 rings (SSSR count). The van der Waals surface area contributed by atoms with E-state index < -0.39 is 29.2 Å². The van der Waals surface area contributed by atoms with Crippen molar-refractivity contribution in [3.8, 4) is 0 Å². The van der Waals surface area contributed by atoms with Crippen LogP contribution in [0.4, 0.5) is 0 Å². The number of H-pyrrole nitrogens is 2. The topological polar surface area (TPSA) is 121 Å². The van der Waals surface area contributed by atoms with Gasteiger partial charge in [-0.25, -0.2) is 0 Å². The van der Waals surface area contributed by atoms with Crippen LogP contribution >= 0.6 is 0 Å². The van der Waals surface area contributed by atoms with Crippen LogP contribution in [-0.2, 0) is 20.7 Å². The number of ketones is 2. The average Bonchev–Trinajstić information content (AvgIpc) is 3.56. The number of nitrogens with one attached hydrogen (secondary N) is 2. The molecule has 0 saturated carbocycles. The van der Waals surface area contributed by atoms with Crippen molar-refractivity contribution in [2.45, 2.75) is 125 Å².